The van der Waals surface area contributed by atoms with Gasteiger partial charge in [-0.1, -0.05) is 66.8 Å². The first-order valence-corrected chi connectivity index (χ1v) is 7.97. The lowest BCUT2D eigenvalue weighted by molar-refractivity contribution is -0.110. The van der Waals surface area contributed by atoms with Gasteiger partial charge in [0, 0.05) is 17.1 Å². The van der Waals surface area contributed by atoms with Gasteiger partial charge in [0.05, 0.1) is 0 Å². The number of carbonyl (C=O) groups excluding carboxylic acids is 1. The van der Waals surface area contributed by atoms with Crippen LogP contribution in [0.2, 0.25) is 0 Å². The van der Waals surface area contributed by atoms with Gasteiger partial charge in [0.15, 0.2) is 4.99 Å². The van der Waals surface area contributed by atoms with Crippen LogP contribution in [0.5, 0.6) is 0 Å². The van der Waals surface area contributed by atoms with Gasteiger partial charge in [0.1, 0.15) is 0 Å². The molecule has 1 N–H and O–H groups in total. The van der Waals surface area contributed by atoms with E-state index < -0.39 is 0 Å². The second-order valence-corrected chi connectivity index (χ2v) is 5.52. The molecule has 4 heteroatoms. The molecule has 118 valence electrons. The van der Waals surface area contributed by atoms with E-state index in [9.17, 15) is 4.79 Å². The van der Waals surface area contributed by atoms with Crippen molar-refractivity contribution in [2.24, 2.45) is 0 Å². The van der Waals surface area contributed by atoms with E-state index in [1.165, 1.54) is 0 Å². The Bertz CT molecular complexity index is 781. The molecule has 0 atom stereocenters. The predicted octanol–water partition coefficient (Wildman–Crippen LogP) is 4.79. The molecule has 0 unspecified atom stereocenters. The Kier molecular flexibility index (Phi) is 4.99. The summed E-state index contributed by atoms with van der Waals surface area (Å²) in [5.41, 5.74) is 2.40. The fourth-order valence-electron chi connectivity index (χ4n) is 2.35. The number of para-hydroxylation sites is 3. The van der Waals surface area contributed by atoms with Gasteiger partial charge in [-0.15, -0.1) is 0 Å². The quantitative estimate of drug-likeness (QED) is 0.700. The molecule has 0 spiro atoms. The van der Waals surface area contributed by atoms with E-state index in [1.807, 2.05) is 91.0 Å². The summed E-state index contributed by atoms with van der Waals surface area (Å²) < 4.78 is 0. The third-order valence-electron chi connectivity index (χ3n) is 3.46. The van der Waals surface area contributed by atoms with E-state index in [-0.39, 0.29) is 10.9 Å². The Morgan fingerprint density at radius 2 is 1.12 bits per heavy atom. The molecule has 0 bridgehead atoms. The number of hydrogen-bond acceptors (Lipinski definition) is 2. The van der Waals surface area contributed by atoms with Gasteiger partial charge in [0.25, 0.3) is 5.91 Å². The van der Waals surface area contributed by atoms with Crippen LogP contribution < -0.4 is 10.2 Å². The van der Waals surface area contributed by atoms with Crippen LogP contribution in [0, 0.1) is 0 Å². The lowest BCUT2D eigenvalue weighted by Gasteiger charge is -2.24. The Morgan fingerprint density at radius 3 is 1.58 bits per heavy atom. The number of anilines is 3. The average Bonchev–Trinajstić information content (AvgIpc) is 2.64. The molecule has 3 aromatic rings. The lowest BCUT2D eigenvalue weighted by Crippen LogP contribution is -2.35. The molecular formula is C20H16N2OS. The first-order chi connectivity index (χ1) is 11.8. The number of amides is 1. The molecule has 0 fully saturated rings. The number of hydrogen-bond donors (Lipinski definition) is 1. The summed E-state index contributed by atoms with van der Waals surface area (Å²) >= 11 is 5.48. The maximum Gasteiger partial charge on any atom is 0.283 e. The number of rotatable bonds is 3. The van der Waals surface area contributed by atoms with Crippen molar-refractivity contribution in [3.63, 3.8) is 0 Å². The molecule has 0 saturated carbocycles. The minimum atomic E-state index is -0.316. The molecule has 0 aromatic heterocycles. The fraction of sp³-hybridized carbons (Fsp3) is 0. The molecule has 24 heavy (non-hydrogen) atoms. The minimum Gasteiger partial charge on any atom is -0.320 e. The Morgan fingerprint density at radius 1 is 0.708 bits per heavy atom. The maximum atomic E-state index is 12.6. The van der Waals surface area contributed by atoms with Crippen molar-refractivity contribution in [3.8, 4) is 0 Å². The van der Waals surface area contributed by atoms with E-state index in [2.05, 4.69) is 5.32 Å². The average molecular weight is 332 g/mol. The zero-order valence-corrected chi connectivity index (χ0v) is 13.7. The molecule has 1 amide bonds. The van der Waals surface area contributed by atoms with E-state index in [4.69, 9.17) is 12.2 Å². The third-order valence-corrected chi connectivity index (χ3v) is 3.83. The Hall–Kier alpha value is -2.98. The number of benzene rings is 3. The summed E-state index contributed by atoms with van der Waals surface area (Å²) in [6.45, 7) is 0. The zero-order chi connectivity index (χ0) is 16.8. The second kappa shape index (κ2) is 7.53. The van der Waals surface area contributed by atoms with Crippen LogP contribution in [-0.2, 0) is 4.79 Å². The van der Waals surface area contributed by atoms with Gasteiger partial charge in [-0.25, -0.2) is 0 Å². The second-order valence-electron chi connectivity index (χ2n) is 5.13. The summed E-state index contributed by atoms with van der Waals surface area (Å²) in [6.07, 6.45) is 0. The summed E-state index contributed by atoms with van der Waals surface area (Å²) in [5, 5.41) is 2.84. The SMILES string of the molecule is O=C(Nc1ccccc1)C(=S)N(c1ccccc1)c1ccccc1. The summed E-state index contributed by atoms with van der Waals surface area (Å²) in [5.74, 6) is -0.316. The van der Waals surface area contributed by atoms with E-state index in [0.717, 1.165) is 11.4 Å². The van der Waals surface area contributed by atoms with Gasteiger partial charge in [-0.2, -0.15) is 0 Å². The van der Waals surface area contributed by atoms with Crippen LogP contribution in [-0.4, -0.2) is 10.9 Å². The van der Waals surface area contributed by atoms with Crippen LogP contribution in [0.1, 0.15) is 0 Å². The van der Waals surface area contributed by atoms with Gasteiger partial charge >= 0.3 is 0 Å². The zero-order valence-electron chi connectivity index (χ0n) is 12.9. The molecule has 0 radical (unpaired) electrons. The first-order valence-electron chi connectivity index (χ1n) is 7.56. The van der Waals surface area contributed by atoms with Crippen LogP contribution >= 0.6 is 12.2 Å². The molecule has 0 saturated heterocycles. The van der Waals surface area contributed by atoms with Crippen molar-refractivity contribution in [3.05, 3.63) is 91.0 Å². The van der Waals surface area contributed by atoms with Crippen molar-refractivity contribution in [2.75, 3.05) is 10.2 Å². The van der Waals surface area contributed by atoms with Gasteiger partial charge in [-0.05, 0) is 36.4 Å². The van der Waals surface area contributed by atoms with Gasteiger partial charge < -0.3 is 5.32 Å². The highest BCUT2D eigenvalue weighted by atomic mass is 32.1. The van der Waals surface area contributed by atoms with Crippen LogP contribution in [0.4, 0.5) is 17.1 Å². The third kappa shape index (κ3) is 3.67. The highest BCUT2D eigenvalue weighted by molar-refractivity contribution is 7.82. The number of thiocarbonyl (C=S) groups is 1. The van der Waals surface area contributed by atoms with Crippen LogP contribution in [0.15, 0.2) is 91.0 Å². The highest BCUT2D eigenvalue weighted by Crippen LogP contribution is 2.26. The molecule has 0 aliphatic carbocycles. The molecule has 3 rings (SSSR count). The van der Waals surface area contributed by atoms with Gasteiger partial charge in [0.2, 0.25) is 0 Å². The van der Waals surface area contributed by atoms with Crippen molar-refractivity contribution in [1.29, 1.82) is 0 Å². The molecule has 0 aliphatic rings. The smallest absolute Gasteiger partial charge is 0.283 e. The lowest BCUT2D eigenvalue weighted by atomic mass is 10.2. The maximum absolute atomic E-state index is 12.6. The van der Waals surface area contributed by atoms with Crippen LogP contribution in [0.25, 0.3) is 0 Å². The van der Waals surface area contributed by atoms with Crippen molar-refractivity contribution in [1.82, 2.24) is 0 Å². The largest absolute Gasteiger partial charge is 0.320 e. The standard InChI is InChI=1S/C20H16N2OS/c23-19(21-16-10-4-1-5-11-16)20(24)22(17-12-6-2-7-13-17)18-14-8-3-9-15-18/h1-15H,(H,21,23). The van der Waals surface area contributed by atoms with Crippen molar-refractivity contribution >= 4 is 40.2 Å². The topological polar surface area (TPSA) is 32.3 Å². The molecule has 3 nitrogen and oxygen atoms in total. The van der Waals surface area contributed by atoms with E-state index >= 15 is 0 Å². The Balaban J connectivity index is 1.91. The van der Waals surface area contributed by atoms with Crippen molar-refractivity contribution < 1.29 is 4.79 Å². The number of nitrogens with zero attached hydrogens (tertiary/aromatic N) is 1. The fourth-order valence-corrected chi connectivity index (χ4v) is 2.61. The van der Waals surface area contributed by atoms with E-state index in [0.29, 0.717) is 5.69 Å². The minimum absolute atomic E-state index is 0.191. The van der Waals surface area contributed by atoms with Gasteiger partial charge in [-0.3, -0.25) is 9.69 Å². The van der Waals surface area contributed by atoms with E-state index in [1.54, 1.807) is 4.90 Å². The molecule has 0 heterocycles. The summed E-state index contributed by atoms with van der Waals surface area (Å²) in [6, 6.07) is 28.5. The summed E-state index contributed by atoms with van der Waals surface area (Å²) in [4.78, 5) is 14.6. The predicted molar refractivity (Wildman–Crippen MR) is 103 cm³/mol. The Labute approximate surface area is 146 Å². The normalized spacial score (nSPS) is 10.0. The molecular weight excluding hydrogens is 316 g/mol. The summed E-state index contributed by atoms with van der Waals surface area (Å²) in [7, 11) is 0. The number of nitrogens with one attached hydrogen (secondary N) is 1. The first kappa shape index (κ1) is 15.9. The highest BCUT2D eigenvalue weighted by Gasteiger charge is 2.20. The number of carbonyl (C=O) groups is 1. The molecule has 0 aliphatic heterocycles. The molecule has 3 aromatic carbocycles. The van der Waals surface area contributed by atoms with Crippen LogP contribution in [0.3, 0.4) is 0 Å². The van der Waals surface area contributed by atoms with Crippen molar-refractivity contribution in [2.45, 2.75) is 0 Å². The monoisotopic (exact) mass is 332 g/mol.